The van der Waals surface area contributed by atoms with E-state index in [4.69, 9.17) is 5.11 Å². The van der Waals surface area contributed by atoms with E-state index in [0.717, 1.165) is 24.2 Å². The average molecular weight is 441 g/mol. The maximum absolute atomic E-state index is 11.1. The number of nitrogens with zero attached hydrogens (tertiary/aromatic N) is 2. The Bertz CT molecular complexity index is 1180. The van der Waals surface area contributed by atoms with E-state index in [0.29, 0.717) is 5.56 Å². The van der Waals surface area contributed by atoms with Gasteiger partial charge < -0.3 is 5.11 Å². The minimum atomic E-state index is -0.907. The van der Waals surface area contributed by atoms with Gasteiger partial charge in [-0.05, 0) is 76.1 Å². The van der Waals surface area contributed by atoms with Gasteiger partial charge in [0.15, 0.2) is 0 Å². The summed E-state index contributed by atoms with van der Waals surface area (Å²) in [4.78, 5) is 19.9. The van der Waals surface area contributed by atoms with Crippen LogP contribution in [0.5, 0.6) is 0 Å². The fourth-order valence-corrected chi connectivity index (χ4v) is 4.68. The molecule has 0 saturated carbocycles. The van der Waals surface area contributed by atoms with Gasteiger partial charge in [-0.2, -0.15) is 0 Å². The van der Waals surface area contributed by atoms with Crippen molar-refractivity contribution in [2.45, 2.75) is 64.2 Å². The highest BCUT2D eigenvalue weighted by atomic mass is 16.4. The molecule has 0 amide bonds. The summed E-state index contributed by atoms with van der Waals surface area (Å²) in [6.45, 7) is 9.39. The zero-order valence-corrected chi connectivity index (χ0v) is 19.9. The zero-order chi connectivity index (χ0) is 23.6. The molecule has 0 aliphatic heterocycles. The number of rotatable bonds is 6. The maximum atomic E-state index is 11.1. The molecular formula is C29H32N2O2. The number of fused-ring (bicyclic) bond motifs is 1. The van der Waals surface area contributed by atoms with Gasteiger partial charge in [0.25, 0.3) is 0 Å². The van der Waals surface area contributed by atoms with Crippen molar-refractivity contribution in [1.82, 2.24) is 9.97 Å². The highest BCUT2D eigenvalue weighted by Gasteiger charge is 2.37. The molecule has 0 saturated heterocycles. The van der Waals surface area contributed by atoms with E-state index in [1.54, 1.807) is 24.5 Å². The first-order chi connectivity index (χ1) is 15.7. The van der Waals surface area contributed by atoms with Crippen LogP contribution < -0.4 is 0 Å². The fourth-order valence-electron chi connectivity index (χ4n) is 4.68. The highest BCUT2D eigenvalue weighted by molar-refractivity contribution is 5.88. The van der Waals surface area contributed by atoms with Crippen molar-refractivity contribution >= 4 is 18.1 Å². The largest absolute Gasteiger partial charge is 0.478 e. The molecule has 170 valence electrons. The Kier molecular flexibility index (Phi) is 6.20. The van der Waals surface area contributed by atoms with Crippen molar-refractivity contribution in [3.63, 3.8) is 0 Å². The van der Waals surface area contributed by atoms with E-state index in [2.05, 4.69) is 61.9 Å². The second-order valence-corrected chi connectivity index (χ2v) is 10.3. The minimum absolute atomic E-state index is 0.137. The van der Waals surface area contributed by atoms with Gasteiger partial charge in [-0.3, -0.25) is 0 Å². The molecule has 0 bridgehead atoms. The molecule has 2 aromatic carbocycles. The topological polar surface area (TPSA) is 63.1 Å². The SMILES string of the molecule is CC1(C)CCC(C)(C)c2cc(CCc3ncccn3)c(C=Cc3ccc(C(=O)O)cc3)cc21. The summed E-state index contributed by atoms with van der Waals surface area (Å²) in [6, 6.07) is 13.6. The molecule has 1 heterocycles. The van der Waals surface area contributed by atoms with E-state index in [1.807, 2.05) is 18.2 Å². The van der Waals surface area contributed by atoms with Crippen molar-refractivity contribution < 1.29 is 9.90 Å². The number of benzene rings is 2. The molecule has 1 N–H and O–H groups in total. The summed E-state index contributed by atoms with van der Waals surface area (Å²) in [5.74, 6) is -0.0514. The standard InChI is InChI=1S/C29H32N2O2/c1-28(2)14-15-29(3,4)25-19-23(12-13-26-30-16-5-17-31-26)22(18-24(25)28)11-8-20-6-9-21(10-7-20)27(32)33/h5-11,16-19H,12-15H2,1-4H3,(H,32,33). The smallest absolute Gasteiger partial charge is 0.335 e. The number of aromatic carboxylic acids is 1. The Morgan fingerprint density at radius 2 is 1.52 bits per heavy atom. The third-order valence-corrected chi connectivity index (χ3v) is 6.96. The van der Waals surface area contributed by atoms with Crippen molar-refractivity contribution in [3.05, 3.63) is 94.1 Å². The molecule has 0 fully saturated rings. The predicted molar refractivity (Wildman–Crippen MR) is 133 cm³/mol. The third-order valence-electron chi connectivity index (χ3n) is 6.96. The molecule has 33 heavy (non-hydrogen) atoms. The number of hydrogen-bond acceptors (Lipinski definition) is 3. The van der Waals surface area contributed by atoms with E-state index < -0.39 is 5.97 Å². The highest BCUT2D eigenvalue weighted by Crippen LogP contribution is 2.46. The van der Waals surface area contributed by atoms with Crippen LogP contribution in [0.15, 0.2) is 54.9 Å². The van der Waals surface area contributed by atoms with Crippen LogP contribution in [0.3, 0.4) is 0 Å². The van der Waals surface area contributed by atoms with Crippen LogP contribution in [0.4, 0.5) is 0 Å². The Balaban J connectivity index is 1.73. The summed E-state index contributed by atoms with van der Waals surface area (Å²) in [5, 5.41) is 9.15. The summed E-state index contributed by atoms with van der Waals surface area (Å²) in [7, 11) is 0. The van der Waals surface area contributed by atoms with Gasteiger partial charge in [-0.25, -0.2) is 14.8 Å². The Labute approximate surface area is 196 Å². The van der Waals surface area contributed by atoms with E-state index in [1.165, 1.54) is 35.1 Å². The van der Waals surface area contributed by atoms with Crippen LogP contribution in [0.25, 0.3) is 12.2 Å². The molecule has 1 aliphatic rings. The second kappa shape index (κ2) is 8.93. The van der Waals surface area contributed by atoms with Crippen molar-refractivity contribution in [2.24, 2.45) is 0 Å². The molecule has 0 radical (unpaired) electrons. The van der Waals surface area contributed by atoms with Gasteiger partial charge in [0.05, 0.1) is 5.56 Å². The number of carboxylic acids is 1. The molecule has 3 aromatic rings. The lowest BCUT2D eigenvalue weighted by Gasteiger charge is -2.42. The monoisotopic (exact) mass is 440 g/mol. The molecule has 1 aliphatic carbocycles. The molecule has 4 rings (SSSR count). The Morgan fingerprint density at radius 3 is 2.12 bits per heavy atom. The Hall–Kier alpha value is -3.27. The molecule has 4 heteroatoms. The van der Waals surface area contributed by atoms with Gasteiger partial charge in [0, 0.05) is 18.8 Å². The maximum Gasteiger partial charge on any atom is 0.335 e. The van der Waals surface area contributed by atoms with Gasteiger partial charge in [-0.15, -0.1) is 0 Å². The van der Waals surface area contributed by atoms with E-state index in [-0.39, 0.29) is 10.8 Å². The van der Waals surface area contributed by atoms with Crippen LogP contribution in [0, 0.1) is 0 Å². The number of carboxylic acid groups (broad SMARTS) is 1. The fraction of sp³-hybridized carbons (Fsp3) is 0.345. The van der Waals surface area contributed by atoms with Crippen LogP contribution in [0.1, 0.15) is 84.5 Å². The normalized spacial score (nSPS) is 16.5. The van der Waals surface area contributed by atoms with Crippen molar-refractivity contribution in [1.29, 1.82) is 0 Å². The van der Waals surface area contributed by atoms with Crippen LogP contribution in [0.2, 0.25) is 0 Å². The van der Waals surface area contributed by atoms with E-state index in [9.17, 15) is 4.79 Å². The van der Waals surface area contributed by atoms with Crippen LogP contribution in [-0.2, 0) is 23.7 Å². The molecule has 0 atom stereocenters. The summed E-state index contributed by atoms with van der Waals surface area (Å²) < 4.78 is 0. The predicted octanol–water partition coefficient (Wildman–Crippen LogP) is 6.48. The Morgan fingerprint density at radius 1 is 0.909 bits per heavy atom. The number of carbonyl (C=O) groups is 1. The molecule has 0 spiro atoms. The van der Waals surface area contributed by atoms with Crippen LogP contribution in [-0.4, -0.2) is 21.0 Å². The van der Waals surface area contributed by atoms with Gasteiger partial charge in [0.1, 0.15) is 5.82 Å². The lowest BCUT2D eigenvalue weighted by atomic mass is 9.62. The summed E-state index contributed by atoms with van der Waals surface area (Å²) >= 11 is 0. The van der Waals surface area contributed by atoms with Gasteiger partial charge >= 0.3 is 5.97 Å². The first-order valence-corrected chi connectivity index (χ1v) is 11.6. The minimum Gasteiger partial charge on any atom is -0.478 e. The summed E-state index contributed by atoms with van der Waals surface area (Å²) in [5.41, 5.74) is 6.95. The number of aromatic nitrogens is 2. The lowest BCUT2D eigenvalue weighted by Crippen LogP contribution is -2.34. The second-order valence-electron chi connectivity index (χ2n) is 10.3. The number of hydrogen-bond donors (Lipinski definition) is 1. The molecule has 1 aromatic heterocycles. The number of aryl methyl sites for hydroxylation is 2. The van der Waals surface area contributed by atoms with Gasteiger partial charge in [0.2, 0.25) is 0 Å². The van der Waals surface area contributed by atoms with Crippen LogP contribution >= 0.6 is 0 Å². The van der Waals surface area contributed by atoms with Crippen molar-refractivity contribution in [3.8, 4) is 0 Å². The molecule has 0 unspecified atom stereocenters. The van der Waals surface area contributed by atoms with Gasteiger partial charge in [-0.1, -0.05) is 64.1 Å². The lowest BCUT2D eigenvalue weighted by molar-refractivity contribution is 0.0697. The van der Waals surface area contributed by atoms with E-state index >= 15 is 0 Å². The van der Waals surface area contributed by atoms with Crippen molar-refractivity contribution in [2.75, 3.05) is 0 Å². The first kappa shape index (κ1) is 22.9. The molecule has 4 nitrogen and oxygen atoms in total. The zero-order valence-electron chi connectivity index (χ0n) is 19.9. The first-order valence-electron chi connectivity index (χ1n) is 11.6. The summed E-state index contributed by atoms with van der Waals surface area (Å²) in [6.07, 6.45) is 11.8. The molecular weight excluding hydrogens is 408 g/mol. The third kappa shape index (κ3) is 5.05. The quantitative estimate of drug-likeness (QED) is 0.446. The average Bonchev–Trinajstić information content (AvgIpc) is 2.80.